The van der Waals surface area contributed by atoms with Crippen LogP contribution in [-0.4, -0.2) is 31.1 Å². The van der Waals surface area contributed by atoms with Crippen LogP contribution in [0.5, 0.6) is 11.5 Å². The highest BCUT2D eigenvalue weighted by molar-refractivity contribution is 6.27. The van der Waals surface area contributed by atoms with Crippen LogP contribution in [0.2, 0.25) is 0 Å². The molecule has 9 nitrogen and oxygen atoms in total. The first-order chi connectivity index (χ1) is 14.5. The number of ketones is 1. The summed E-state index contributed by atoms with van der Waals surface area (Å²) in [4.78, 5) is 29.5. The molecule has 0 bridgehead atoms. The molecule has 152 valence electrons. The first-order valence-electron chi connectivity index (χ1n) is 9.29. The minimum atomic E-state index is -0.261. The number of ether oxygens (including phenoxy) is 2. The van der Waals surface area contributed by atoms with Gasteiger partial charge in [0.15, 0.2) is 17.3 Å². The molecule has 0 unspecified atom stereocenters. The van der Waals surface area contributed by atoms with Gasteiger partial charge in [-0.2, -0.15) is 0 Å². The molecule has 0 atom stereocenters. The van der Waals surface area contributed by atoms with Gasteiger partial charge in [0, 0.05) is 40.2 Å². The summed E-state index contributed by atoms with van der Waals surface area (Å²) in [5.74, 6) is 0.624. The zero-order valence-electron chi connectivity index (χ0n) is 16.5. The molecule has 0 amide bonds. The number of rotatable bonds is 6. The van der Waals surface area contributed by atoms with Crippen LogP contribution in [0.15, 0.2) is 40.2 Å². The van der Waals surface area contributed by atoms with Crippen molar-refractivity contribution in [3.8, 4) is 22.8 Å². The van der Waals surface area contributed by atoms with E-state index in [4.69, 9.17) is 20.7 Å². The Hall–Kier alpha value is -3.97. The number of hydrogen-bond acceptors (Lipinski definition) is 6. The van der Waals surface area contributed by atoms with E-state index in [1.165, 1.54) is 14.2 Å². The van der Waals surface area contributed by atoms with E-state index in [0.717, 1.165) is 0 Å². The van der Waals surface area contributed by atoms with E-state index in [9.17, 15) is 9.59 Å². The third-order valence-electron chi connectivity index (χ3n) is 5.25. The van der Waals surface area contributed by atoms with Crippen molar-refractivity contribution in [2.75, 3.05) is 26.5 Å². The van der Waals surface area contributed by atoms with Crippen LogP contribution < -0.4 is 20.8 Å². The van der Waals surface area contributed by atoms with E-state index in [-0.39, 0.29) is 17.9 Å². The predicted octanol–water partition coefficient (Wildman–Crippen LogP) is 3.51. The lowest BCUT2D eigenvalue weighted by Gasteiger charge is -2.16. The van der Waals surface area contributed by atoms with E-state index in [1.54, 1.807) is 34.9 Å². The summed E-state index contributed by atoms with van der Waals surface area (Å²) >= 11 is 0. The molecule has 9 heteroatoms. The minimum absolute atomic E-state index is 0.201. The van der Waals surface area contributed by atoms with E-state index >= 15 is 0 Å². The number of methoxy groups -OCH3 is 2. The number of nitrogens with two attached hydrogens (primary N) is 1. The van der Waals surface area contributed by atoms with Crippen molar-refractivity contribution >= 4 is 22.2 Å². The minimum Gasteiger partial charge on any atom is -0.493 e. The van der Waals surface area contributed by atoms with Crippen molar-refractivity contribution in [1.82, 2.24) is 4.57 Å². The van der Waals surface area contributed by atoms with Crippen molar-refractivity contribution in [3.05, 3.63) is 62.3 Å². The Morgan fingerprint density at radius 1 is 1.07 bits per heavy atom. The van der Waals surface area contributed by atoms with Gasteiger partial charge in [-0.05, 0) is 36.2 Å². The Morgan fingerprint density at radius 3 is 2.43 bits per heavy atom. The predicted molar refractivity (Wildman–Crippen MR) is 113 cm³/mol. The molecule has 3 aromatic rings. The lowest BCUT2D eigenvalue weighted by molar-refractivity contribution is 0.104. The number of anilines is 1. The first-order valence-corrected chi connectivity index (χ1v) is 9.29. The lowest BCUT2D eigenvalue weighted by atomic mass is 10.0. The summed E-state index contributed by atoms with van der Waals surface area (Å²) in [6.45, 7) is 0.534. The van der Waals surface area contributed by atoms with E-state index in [0.29, 0.717) is 63.3 Å². The molecular formula is C21H19N5O4. The molecule has 30 heavy (non-hydrogen) atoms. The molecule has 1 aliphatic rings. The van der Waals surface area contributed by atoms with Crippen LogP contribution in [0.1, 0.15) is 22.3 Å². The van der Waals surface area contributed by atoms with Crippen LogP contribution in [0.3, 0.4) is 0 Å². The van der Waals surface area contributed by atoms with Crippen molar-refractivity contribution in [2.45, 2.75) is 13.0 Å². The summed E-state index contributed by atoms with van der Waals surface area (Å²) in [6.07, 6.45) is 0.452. The Bertz CT molecular complexity index is 1310. The van der Waals surface area contributed by atoms with Gasteiger partial charge >= 0.3 is 0 Å². The molecule has 0 saturated carbocycles. The maximum Gasteiger partial charge on any atom is 0.259 e. The molecule has 1 aromatic heterocycles. The smallest absolute Gasteiger partial charge is 0.259 e. The topological polar surface area (TPSA) is 132 Å². The standard InChI is InChI=1S/C21H19N5O4/c1-29-16-9-13-15(10-17(16)30-2)21(28)26(7-3-6-24-25-23)19-12-5-4-11(22)8-14(12)20(27)18(13)19/h4-5,8-10H,3,6-7,22H2,1-2H3. The largest absolute Gasteiger partial charge is 0.493 e. The molecule has 2 aromatic carbocycles. The number of pyridine rings is 1. The van der Waals surface area contributed by atoms with Gasteiger partial charge in [0.25, 0.3) is 5.56 Å². The monoisotopic (exact) mass is 405 g/mol. The SMILES string of the molecule is COc1cc2c3c(n(CCCN=[N+]=[N-])c(=O)c2cc1OC)-c1ccc(N)cc1C3=O. The Labute approximate surface area is 171 Å². The lowest BCUT2D eigenvalue weighted by Crippen LogP contribution is -2.24. The highest BCUT2D eigenvalue weighted by atomic mass is 16.5. The van der Waals surface area contributed by atoms with E-state index < -0.39 is 0 Å². The fraction of sp³-hybridized carbons (Fsp3) is 0.238. The maximum atomic E-state index is 13.4. The molecule has 0 radical (unpaired) electrons. The molecular weight excluding hydrogens is 386 g/mol. The second kappa shape index (κ2) is 7.46. The third-order valence-corrected chi connectivity index (χ3v) is 5.25. The molecule has 2 N–H and O–H groups in total. The highest BCUT2D eigenvalue weighted by Gasteiger charge is 2.33. The summed E-state index contributed by atoms with van der Waals surface area (Å²) in [7, 11) is 2.98. The Kier molecular flexibility index (Phi) is 4.81. The second-order valence-electron chi connectivity index (χ2n) is 6.88. The van der Waals surface area contributed by atoms with Crippen LogP contribution in [-0.2, 0) is 6.54 Å². The van der Waals surface area contributed by atoms with Crippen LogP contribution in [0.25, 0.3) is 32.5 Å². The quantitative estimate of drug-likeness (QED) is 0.172. The zero-order chi connectivity index (χ0) is 21.4. The molecule has 1 heterocycles. The highest BCUT2D eigenvalue weighted by Crippen LogP contribution is 2.42. The molecule has 0 aliphatic heterocycles. The zero-order valence-corrected chi connectivity index (χ0v) is 16.5. The van der Waals surface area contributed by atoms with Gasteiger partial charge in [0.2, 0.25) is 0 Å². The van der Waals surface area contributed by atoms with E-state index in [2.05, 4.69) is 10.0 Å². The van der Waals surface area contributed by atoms with E-state index in [1.807, 2.05) is 0 Å². The number of nitrogen functional groups attached to an aromatic ring is 1. The van der Waals surface area contributed by atoms with Crippen molar-refractivity contribution < 1.29 is 14.3 Å². The van der Waals surface area contributed by atoms with Gasteiger partial charge in [0.1, 0.15) is 0 Å². The Morgan fingerprint density at radius 2 is 1.77 bits per heavy atom. The van der Waals surface area contributed by atoms with Gasteiger partial charge in [-0.25, -0.2) is 0 Å². The fourth-order valence-electron chi connectivity index (χ4n) is 3.93. The number of aromatic nitrogens is 1. The molecule has 0 spiro atoms. The van der Waals surface area contributed by atoms with Gasteiger partial charge in [-0.3, -0.25) is 9.59 Å². The average Bonchev–Trinajstić information content (AvgIpc) is 3.04. The maximum absolute atomic E-state index is 13.4. The van der Waals surface area contributed by atoms with Crippen molar-refractivity contribution in [2.24, 2.45) is 5.11 Å². The second-order valence-corrected chi connectivity index (χ2v) is 6.88. The Balaban J connectivity index is 2.07. The van der Waals surface area contributed by atoms with Crippen LogP contribution >= 0.6 is 0 Å². The third kappa shape index (κ3) is 2.84. The van der Waals surface area contributed by atoms with Gasteiger partial charge in [-0.15, -0.1) is 0 Å². The van der Waals surface area contributed by atoms with Gasteiger partial charge in [0.05, 0.1) is 30.9 Å². The number of nitrogens with zero attached hydrogens (tertiary/aromatic N) is 4. The first kappa shape index (κ1) is 19.4. The van der Waals surface area contributed by atoms with Crippen LogP contribution in [0.4, 0.5) is 5.69 Å². The number of carbonyl (C=O) groups excluding carboxylic acids is 1. The molecule has 1 aliphatic carbocycles. The molecule has 0 fully saturated rings. The summed E-state index contributed by atoms with van der Waals surface area (Å²) in [5.41, 5.74) is 16.7. The number of benzene rings is 2. The summed E-state index contributed by atoms with van der Waals surface area (Å²) in [6, 6.07) is 8.33. The van der Waals surface area contributed by atoms with Crippen LogP contribution in [0, 0.1) is 0 Å². The normalized spacial score (nSPS) is 11.7. The summed E-state index contributed by atoms with van der Waals surface area (Å²) in [5, 5.41) is 4.39. The molecule has 0 saturated heterocycles. The summed E-state index contributed by atoms with van der Waals surface area (Å²) < 4.78 is 12.3. The fourth-order valence-corrected chi connectivity index (χ4v) is 3.93. The van der Waals surface area contributed by atoms with Gasteiger partial charge < -0.3 is 19.8 Å². The van der Waals surface area contributed by atoms with Crippen molar-refractivity contribution in [1.29, 1.82) is 0 Å². The number of carbonyl (C=O) groups is 1. The number of hydrogen-bond donors (Lipinski definition) is 1. The van der Waals surface area contributed by atoms with Crippen molar-refractivity contribution in [3.63, 3.8) is 0 Å². The number of fused-ring (bicyclic) bond motifs is 5. The van der Waals surface area contributed by atoms with Gasteiger partial charge in [-0.1, -0.05) is 11.2 Å². The number of azide groups is 1. The average molecular weight is 405 g/mol. The molecule has 4 rings (SSSR count).